The minimum absolute atomic E-state index is 0.139. The van der Waals surface area contributed by atoms with Gasteiger partial charge in [0.2, 0.25) is 0 Å². The maximum absolute atomic E-state index is 12.4. The summed E-state index contributed by atoms with van der Waals surface area (Å²) in [5.41, 5.74) is 0. The van der Waals surface area contributed by atoms with Crippen molar-refractivity contribution in [3.8, 4) is 0 Å². The summed E-state index contributed by atoms with van der Waals surface area (Å²) < 4.78 is 11.2. The lowest BCUT2D eigenvalue weighted by atomic mass is 10.1. The molecule has 0 aromatic rings. The van der Waals surface area contributed by atoms with Crippen LogP contribution in [0.5, 0.6) is 0 Å². The van der Waals surface area contributed by atoms with Crippen molar-refractivity contribution in [3.05, 3.63) is 24.3 Å². The third-order valence-electron chi connectivity index (χ3n) is 8.58. The van der Waals surface area contributed by atoms with Crippen LogP contribution in [0.4, 0.5) is 0 Å². The number of carbonyl (C=O) groups excluding carboxylic acids is 2. The Hall–Kier alpha value is -1.62. The monoisotopic (exact) mass is 648 g/mol. The van der Waals surface area contributed by atoms with Crippen LogP contribution in [0.2, 0.25) is 0 Å². The molecule has 0 aromatic carbocycles. The van der Waals surface area contributed by atoms with Gasteiger partial charge in [-0.15, -0.1) is 0 Å². The Kier molecular flexibility index (Phi) is 34.9. The number of unbranched alkanes of at least 4 members (excludes halogenated alkanes) is 22. The molecule has 0 fully saturated rings. The topological polar surface area (TPSA) is 55.8 Å². The summed E-state index contributed by atoms with van der Waals surface area (Å²) in [6.45, 7) is 5.23. The molecule has 5 heteroatoms. The van der Waals surface area contributed by atoms with Crippen LogP contribution in [-0.2, 0) is 19.1 Å². The summed E-state index contributed by atoms with van der Waals surface area (Å²) in [6, 6.07) is 0. The molecule has 0 amide bonds. The van der Waals surface area contributed by atoms with E-state index in [9.17, 15) is 9.59 Å². The normalized spacial score (nSPS) is 12.5. The molecule has 0 aliphatic heterocycles. The van der Waals surface area contributed by atoms with Crippen molar-refractivity contribution >= 4 is 11.9 Å². The highest BCUT2D eigenvalue weighted by Gasteiger charge is 2.18. The minimum Gasteiger partial charge on any atom is -0.462 e. The van der Waals surface area contributed by atoms with Gasteiger partial charge in [0.15, 0.2) is 0 Å². The van der Waals surface area contributed by atoms with Crippen molar-refractivity contribution < 1.29 is 19.1 Å². The molecule has 1 unspecified atom stereocenters. The first-order valence-corrected chi connectivity index (χ1v) is 19.8. The van der Waals surface area contributed by atoms with E-state index in [0.29, 0.717) is 19.4 Å². The number of nitrogens with zero attached hydrogens (tertiary/aromatic N) is 1. The number of ether oxygens (including phenoxy) is 2. The lowest BCUT2D eigenvalue weighted by Crippen LogP contribution is -2.34. The van der Waals surface area contributed by atoms with E-state index in [-0.39, 0.29) is 18.5 Å². The van der Waals surface area contributed by atoms with Crippen molar-refractivity contribution in [2.24, 2.45) is 0 Å². The molecule has 0 N–H and O–H groups in total. The van der Waals surface area contributed by atoms with Crippen molar-refractivity contribution in [3.63, 3.8) is 0 Å². The molecule has 270 valence electrons. The van der Waals surface area contributed by atoms with Crippen LogP contribution < -0.4 is 0 Å². The Balaban J connectivity index is 3.78. The van der Waals surface area contributed by atoms with Gasteiger partial charge in [-0.1, -0.05) is 141 Å². The fourth-order valence-corrected chi connectivity index (χ4v) is 5.71. The fourth-order valence-electron chi connectivity index (χ4n) is 5.71. The number of esters is 2. The molecule has 5 nitrogen and oxygen atoms in total. The lowest BCUT2D eigenvalue weighted by Gasteiger charge is -2.21. The second kappa shape index (κ2) is 36.2. The van der Waals surface area contributed by atoms with E-state index in [0.717, 1.165) is 38.5 Å². The molecule has 0 heterocycles. The lowest BCUT2D eigenvalue weighted by molar-refractivity contribution is -0.160. The second-order valence-electron chi connectivity index (χ2n) is 13.7. The van der Waals surface area contributed by atoms with Crippen LogP contribution in [-0.4, -0.2) is 50.2 Å². The van der Waals surface area contributed by atoms with Crippen molar-refractivity contribution in [1.82, 2.24) is 4.90 Å². The largest absolute Gasteiger partial charge is 0.462 e. The molecule has 0 spiro atoms. The quantitative estimate of drug-likeness (QED) is 0.0389. The van der Waals surface area contributed by atoms with Gasteiger partial charge >= 0.3 is 11.9 Å². The average molecular weight is 648 g/mol. The standard InChI is InChI=1S/C41H77NO4/c1-5-7-9-11-13-15-17-19-21-23-25-27-29-31-33-35-40(43)45-38-39(37-42(3)4)46-41(44)36-34-32-30-28-26-24-22-20-18-16-14-12-10-8-6-2/h19-22,39H,5-18,23-38H2,1-4H3. The van der Waals surface area contributed by atoms with Gasteiger partial charge in [-0.25, -0.2) is 0 Å². The van der Waals surface area contributed by atoms with Crippen LogP contribution in [0.15, 0.2) is 24.3 Å². The number of carbonyl (C=O) groups is 2. The first-order chi connectivity index (χ1) is 22.5. The number of hydrogen-bond acceptors (Lipinski definition) is 5. The average Bonchev–Trinajstić information content (AvgIpc) is 3.03. The Bertz CT molecular complexity index is 717. The SMILES string of the molecule is CCCCCCCCC=CCCCCCCCC(=O)OCC(CN(C)C)OC(=O)CCCCCCCC=CCCCCCCCC. The molecular formula is C41H77NO4. The Morgan fingerprint density at radius 3 is 1.24 bits per heavy atom. The molecule has 0 saturated carbocycles. The zero-order valence-electron chi connectivity index (χ0n) is 31.2. The van der Waals surface area contributed by atoms with Crippen molar-refractivity contribution in [1.29, 1.82) is 0 Å². The van der Waals surface area contributed by atoms with Gasteiger partial charge in [-0.3, -0.25) is 9.59 Å². The van der Waals surface area contributed by atoms with Crippen LogP contribution in [0.25, 0.3) is 0 Å². The zero-order chi connectivity index (χ0) is 33.8. The Labute approximate surface area is 286 Å². The third kappa shape index (κ3) is 35.2. The molecule has 0 aliphatic rings. The number of rotatable bonds is 35. The molecule has 0 aliphatic carbocycles. The third-order valence-corrected chi connectivity index (χ3v) is 8.58. The van der Waals surface area contributed by atoms with Gasteiger partial charge < -0.3 is 14.4 Å². The molecule has 1 atom stereocenters. The first kappa shape index (κ1) is 44.4. The van der Waals surface area contributed by atoms with Gasteiger partial charge in [0.25, 0.3) is 0 Å². The van der Waals surface area contributed by atoms with Crippen molar-refractivity contribution in [2.45, 2.75) is 200 Å². The second-order valence-corrected chi connectivity index (χ2v) is 13.7. The van der Waals surface area contributed by atoms with E-state index in [1.807, 2.05) is 19.0 Å². The summed E-state index contributed by atoms with van der Waals surface area (Å²) in [5.74, 6) is -0.368. The minimum atomic E-state index is -0.413. The molecule has 0 saturated heterocycles. The Morgan fingerprint density at radius 1 is 0.500 bits per heavy atom. The van der Waals surface area contributed by atoms with E-state index in [1.165, 1.54) is 128 Å². The first-order valence-electron chi connectivity index (χ1n) is 19.8. The molecule has 0 aromatic heterocycles. The highest BCUT2D eigenvalue weighted by Crippen LogP contribution is 2.13. The summed E-state index contributed by atoms with van der Waals surface area (Å²) in [4.78, 5) is 26.7. The van der Waals surface area contributed by atoms with Gasteiger partial charge in [0.1, 0.15) is 12.7 Å². The van der Waals surface area contributed by atoms with Gasteiger partial charge in [-0.05, 0) is 78.3 Å². The number of likely N-dealkylation sites (N-methyl/N-ethyl adjacent to an activating group) is 1. The van der Waals surface area contributed by atoms with Gasteiger partial charge in [0, 0.05) is 19.4 Å². The molecule has 0 rings (SSSR count). The maximum atomic E-state index is 12.4. The summed E-state index contributed by atoms with van der Waals surface area (Å²) in [6.07, 6.45) is 42.0. The Morgan fingerprint density at radius 2 is 0.848 bits per heavy atom. The van der Waals surface area contributed by atoms with E-state index in [1.54, 1.807) is 0 Å². The fraction of sp³-hybridized carbons (Fsp3) is 0.854. The highest BCUT2D eigenvalue weighted by molar-refractivity contribution is 5.70. The highest BCUT2D eigenvalue weighted by atomic mass is 16.6. The predicted molar refractivity (Wildman–Crippen MR) is 198 cm³/mol. The molecule has 46 heavy (non-hydrogen) atoms. The molecule has 0 radical (unpaired) electrons. The maximum Gasteiger partial charge on any atom is 0.306 e. The number of allylic oxidation sites excluding steroid dienone is 4. The van der Waals surface area contributed by atoms with Crippen LogP contribution >= 0.6 is 0 Å². The summed E-state index contributed by atoms with van der Waals surface area (Å²) in [7, 11) is 3.88. The van der Waals surface area contributed by atoms with E-state index in [4.69, 9.17) is 9.47 Å². The van der Waals surface area contributed by atoms with Crippen molar-refractivity contribution in [2.75, 3.05) is 27.2 Å². The zero-order valence-corrected chi connectivity index (χ0v) is 31.2. The molecule has 0 bridgehead atoms. The van der Waals surface area contributed by atoms with Crippen LogP contribution in [0.3, 0.4) is 0 Å². The van der Waals surface area contributed by atoms with Crippen LogP contribution in [0, 0.1) is 0 Å². The van der Waals surface area contributed by atoms with Gasteiger partial charge in [0.05, 0.1) is 0 Å². The number of hydrogen-bond donors (Lipinski definition) is 0. The van der Waals surface area contributed by atoms with E-state index >= 15 is 0 Å². The predicted octanol–water partition coefficient (Wildman–Crippen LogP) is 12.1. The van der Waals surface area contributed by atoms with Gasteiger partial charge in [-0.2, -0.15) is 0 Å². The summed E-state index contributed by atoms with van der Waals surface area (Å²) in [5, 5.41) is 0. The van der Waals surface area contributed by atoms with E-state index < -0.39 is 6.10 Å². The molecular weight excluding hydrogens is 570 g/mol. The smallest absolute Gasteiger partial charge is 0.306 e. The summed E-state index contributed by atoms with van der Waals surface area (Å²) >= 11 is 0. The van der Waals surface area contributed by atoms with E-state index in [2.05, 4.69) is 38.2 Å². The van der Waals surface area contributed by atoms with Crippen LogP contribution in [0.1, 0.15) is 194 Å².